The number of hydrogen-bond donors (Lipinski definition) is 2. The molecule has 0 saturated heterocycles. The SMILES string of the molecule is CCOCCCNC(=NC)NCc1nnc2n1CCCCC2. The third kappa shape index (κ3) is 4.98. The number of hydrogen-bond acceptors (Lipinski definition) is 4. The third-order valence-corrected chi connectivity index (χ3v) is 3.79. The van der Waals surface area contributed by atoms with Crippen molar-refractivity contribution in [1.29, 1.82) is 0 Å². The summed E-state index contributed by atoms with van der Waals surface area (Å²) >= 11 is 0. The molecule has 0 spiro atoms. The minimum atomic E-state index is 0.651. The first-order chi connectivity index (χ1) is 10.8. The molecule has 0 amide bonds. The lowest BCUT2D eigenvalue weighted by Gasteiger charge is -2.12. The van der Waals surface area contributed by atoms with Gasteiger partial charge in [-0.3, -0.25) is 4.99 Å². The first-order valence-electron chi connectivity index (χ1n) is 8.28. The Morgan fingerprint density at radius 3 is 3.00 bits per heavy atom. The van der Waals surface area contributed by atoms with Gasteiger partial charge in [0.05, 0.1) is 6.54 Å². The van der Waals surface area contributed by atoms with Gasteiger partial charge in [0.15, 0.2) is 11.8 Å². The molecule has 1 aliphatic heterocycles. The molecule has 7 heteroatoms. The van der Waals surface area contributed by atoms with Gasteiger partial charge in [0.2, 0.25) is 0 Å². The zero-order valence-corrected chi connectivity index (χ0v) is 13.8. The molecule has 0 fully saturated rings. The Bertz CT molecular complexity index is 471. The van der Waals surface area contributed by atoms with Crippen LogP contribution >= 0.6 is 0 Å². The lowest BCUT2D eigenvalue weighted by atomic mass is 10.2. The standard InChI is InChI=1S/C15H28N6O/c1-3-22-11-7-9-17-15(16-2)18-12-14-20-19-13-8-5-4-6-10-21(13)14/h3-12H2,1-2H3,(H2,16,17,18). The van der Waals surface area contributed by atoms with Crippen LogP contribution in [0, 0.1) is 0 Å². The van der Waals surface area contributed by atoms with Crippen molar-refractivity contribution in [2.45, 2.75) is 52.1 Å². The van der Waals surface area contributed by atoms with Crippen LogP contribution in [-0.4, -0.2) is 47.5 Å². The highest BCUT2D eigenvalue weighted by atomic mass is 16.5. The number of nitrogens with one attached hydrogen (secondary N) is 2. The molecule has 7 nitrogen and oxygen atoms in total. The Kier molecular flexibility index (Phi) is 7.15. The van der Waals surface area contributed by atoms with E-state index in [1.54, 1.807) is 7.05 Å². The van der Waals surface area contributed by atoms with Crippen molar-refractivity contribution in [3.05, 3.63) is 11.6 Å². The maximum absolute atomic E-state index is 5.32. The highest BCUT2D eigenvalue weighted by Crippen LogP contribution is 2.14. The number of ether oxygens (including phenoxy) is 1. The maximum atomic E-state index is 5.32. The number of rotatable bonds is 7. The van der Waals surface area contributed by atoms with Gasteiger partial charge in [0, 0.05) is 39.8 Å². The summed E-state index contributed by atoms with van der Waals surface area (Å²) in [5, 5.41) is 15.2. The van der Waals surface area contributed by atoms with Gasteiger partial charge in [-0.2, -0.15) is 0 Å². The van der Waals surface area contributed by atoms with Gasteiger partial charge in [-0.1, -0.05) is 6.42 Å². The molecular weight excluding hydrogens is 280 g/mol. The average Bonchev–Trinajstić information content (AvgIpc) is 2.77. The zero-order chi connectivity index (χ0) is 15.6. The number of aromatic nitrogens is 3. The number of aryl methyl sites for hydroxylation is 1. The van der Waals surface area contributed by atoms with Crippen LogP contribution in [0.5, 0.6) is 0 Å². The van der Waals surface area contributed by atoms with Gasteiger partial charge in [-0.25, -0.2) is 0 Å². The second-order valence-electron chi connectivity index (χ2n) is 5.40. The van der Waals surface area contributed by atoms with Gasteiger partial charge < -0.3 is 19.9 Å². The molecule has 1 aromatic rings. The molecule has 0 unspecified atom stereocenters. The van der Waals surface area contributed by atoms with Crippen LogP contribution in [-0.2, 0) is 24.2 Å². The summed E-state index contributed by atoms with van der Waals surface area (Å²) in [6.07, 6.45) is 5.71. The maximum Gasteiger partial charge on any atom is 0.191 e. The van der Waals surface area contributed by atoms with Crippen LogP contribution in [0.3, 0.4) is 0 Å². The van der Waals surface area contributed by atoms with Gasteiger partial charge in [0.25, 0.3) is 0 Å². The largest absolute Gasteiger partial charge is 0.382 e. The van der Waals surface area contributed by atoms with E-state index in [0.717, 1.165) is 56.8 Å². The van der Waals surface area contributed by atoms with Crippen molar-refractivity contribution in [2.24, 2.45) is 4.99 Å². The molecule has 0 radical (unpaired) electrons. The van der Waals surface area contributed by atoms with Crippen molar-refractivity contribution in [2.75, 3.05) is 26.8 Å². The van der Waals surface area contributed by atoms with E-state index in [1.807, 2.05) is 6.92 Å². The second-order valence-corrected chi connectivity index (χ2v) is 5.40. The van der Waals surface area contributed by atoms with E-state index in [-0.39, 0.29) is 0 Å². The van der Waals surface area contributed by atoms with Crippen molar-refractivity contribution in [3.8, 4) is 0 Å². The molecule has 2 rings (SSSR count). The summed E-state index contributed by atoms with van der Waals surface area (Å²) in [5.41, 5.74) is 0. The summed E-state index contributed by atoms with van der Waals surface area (Å²) in [4.78, 5) is 4.23. The summed E-state index contributed by atoms with van der Waals surface area (Å²) < 4.78 is 7.57. The molecule has 22 heavy (non-hydrogen) atoms. The Morgan fingerprint density at radius 2 is 2.18 bits per heavy atom. The van der Waals surface area contributed by atoms with E-state index in [1.165, 1.54) is 19.3 Å². The fourth-order valence-corrected chi connectivity index (χ4v) is 2.58. The summed E-state index contributed by atoms with van der Waals surface area (Å²) in [5.74, 6) is 2.91. The zero-order valence-electron chi connectivity index (χ0n) is 13.8. The van der Waals surface area contributed by atoms with Gasteiger partial charge >= 0.3 is 0 Å². The van der Waals surface area contributed by atoms with E-state index in [2.05, 4.69) is 30.4 Å². The first kappa shape index (κ1) is 16.7. The Labute approximate surface area is 132 Å². The normalized spacial score (nSPS) is 15.3. The number of guanidine groups is 1. The van der Waals surface area contributed by atoms with E-state index in [9.17, 15) is 0 Å². The highest BCUT2D eigenvalue weighted by molar-refractivity contribution is 5.79. The minimum Gasteiger partial charge on any atom is -0.382 e. The predicted octanol–water partition coefficient (Wildman–Crippen LogP) is 1.10. The van der Waals surface area contributed by atoms with Gasteiger partial charge in [-0.15, -0.1) is 10.2 Å². The molecule has 0 aromatic carbocycles. The number of aliphatic imine (C=N–C) groups is 1. The van der Waals surface area contributed by atoms with Crippen LogP contribution in [0.4, 0.5) is 0 Å². The fraction of sp³-hybridized carbons (Fsp3) is 0.800. The minimum absolute atomic E-state index is 0.651. The number of fused-ring (bicyclic) bond motifs is 1. The van der Waals surface area contributed by atoms with Gasteiger partial charge in [0.1, 0.15) is 5.82 Å². The smallest absolute Gasteiger partial charge is 0.191 e. The van der Waals surface area contributed by atoms with Crippen LogP contribution in [0.2, 0.25) is 0 Å². The summed E-state index contributed by atoms with van der Waals surface area (Å²) in [6.45, 7) is 6.08. The topological polar surface area (TPSA) is 76.4 Å². The van der Waals surface area contributed by atoms with Crippen molar-refractivity contribution >= 4 is 5.96 Å². The second kappa shape index (κ2) is 9.40. The molecule has 2 N–H and O–H groups in total. The molecule has 0 bridgehead atoms. The van der Waals surface area contributed by atoms with Crippen molar-refractivity contribution in [3.63, 3.8) is 0 Å². The Morgan fingerprint density at radius 1 is 1.27 bits per heavy atom. The van der Waals surface area contributed by atoms with Crippen LogP contribution < -0.4 is 10.6 Å². The lowest BCUT2D eigenvalue weighted by Crippen LogP contribution is -2.38. The quantitative estimate of drug-likeness (QED) is 0.448. The third-order valence-electron chi connectivity index (χ3n) is 3.79. The van der Waals surface area contributed by atoms with E-state index in [4.69, 9.17) is 4.74 Å². The Balaban J connectivity index is 1.77. The Hall–Kier alpha value is -1.63. The lowest BCUT2D eigenvalue weighted by molar-refractivity contribution is 0.145. The number of nitrogens with zero attached hydrogens (tertiary/aromatic N) is 4. The van der Waals surface area contributed by atoms with E-state index < -0.39 is 0 Å². The van der Waals surface area contributed by atoms with Crippen molar-refractivity contribution < 1.29 is 4.74 Å². The molecule has 124 valence electrons. The van der Waals surface area contributed by atoms with Crippen LogP contribution in [0.15, 0.2) is 4.99 Å². The van der Waals surface area contributed by atoms with E-state index >= 15 is 0 Å². The van der Waals surface area contributed by atoms with Gasteiger partial charge in [-0.05, 0) is 26.2 Å². The monoisotopic (exact) mass is 308 g/mol. The predicted molar refractivity (Wildman–Crippen MR) is 86.9 cm³/mol. The van der Waals surface area contributed by atoms with Crippen LogP contribution in [0.25, 0.3) is 0 Å². The highest BCUT2D eigenvalue weighted by Gasteiger charge is 2.14. The van der Waals surface area contributed by atoms with Crippen molar-refractivity contribution in [1.82, 2.24) is 25.4 Å². The fourth-order valence-electron chi connectivity index (χ4n) is 2.58. The van der Waals surface area contributed by atoms with Crippen LogP contribution in [0.1, 0.15) is 44.3 Å². The summed E-state index contributed by atoms with van der Waals surface area (Å²) in [7, 11) is 1.78. The molecule has 0 aliphatic carbocycles. The molecule has 0 atom stereocenters. The molecule has 1 aromatic heterocycles. The molecular formula is C15H28N6O. The molecule has 1 aliphatic rings. The molecule has 2 heterocycles. The summed E-state index contributed by atoms with van der Waals surface area (Å²) in [6, 6.07) is 0. The first-order valence-corrected chi connectivity index (χ1v) is 8.28. The van der Waals surface area contributed by atoms with E-state index in [0.29, 0.717) is 6.54 Å². The average molecular weight is 308 g/mol. The molecule has 0 saturated carbocycles.